The van der Waals surface area contributed by atoms with Crippen molar-refractivity contribution in [3.8, 4) is 12.3 Å². The minimum atomic E-state index is -0.893. The molecule has 0 fully saturated rings. The standard InChI is InChI=1S/C21H22N2O6/c1-6-11-22-13(3)17(20(24)28-5)19(18(14(22)4)21(25)29-7-2)15-9-8-10-16(12-15)23(26)27/h1,8-10,12,19H,7,11H2,2-5H3/t19-/m0/s1. The Morgan fingerprint density at radius 3 is 2.38 bits per heavy atom. The molecular formula is C21H22N2O6. The zero-order chi connectivity index (χ0) is 21.7. The SMILES string of the molecule is C#CCN1C(C)=C(C(=O)OC)[C@H](c2cccc([N+](=O)[O-])c2)C(C(=O)OCC)=C1C. The van der Waals surface area contributed by atoms with Gasteiger partial charge in [-0.2, -0.15) is 0 Å². The van der Waals surface area contributed by atoms with Crippen LogP contribution in [0.4, 0.5) is 5.69 Å². The van der Waals surface area contributed by atoms with Crippen molar-refractivity contribution in [3.05, 3.63) is 62.5 Å². The van der Waals surface area contributed by atoms with E-state index in [0.717, 1.165) is 0 Å². The van der Waals surface area contributed by atoms with Gasteiger partial charge >= 0.3 is 11.9 Å². The number of ether oxygens (including phenoxy) is 2. The molecule has 0 radical (unpaired) electrons. The van der Waals surface area contributed by atoms with Crippen LogP contribution in [-0.4, -0.2) is 42.0 Å². The highest BCUT2D eigenvalue weighted by atomic mass is 16.6. The molecule has 0 aliphatic carbocycles. The molecule has 1 aliphatic heterocycles. The summed E-state index contributed by atoms with van der Waals surface area (Å²) >= 11 is 0. The van der Waals surface area contributed by atoms with Gasteiger partial charge in [0.15, 0.2) is 0 Å². The molecule has 1 aromatic carbocycles. The number of methoxy groups -OCH3 is 1. The zero-order valence-corrected chi connectivity index (χ0v) is 16.7. The van der Waals surface area contributed by atoms with E-state index in [2.05, 4.69) is 5.92 Å². The first-order valence-corrected chi connectivity index (χ1v) is 8.90. The Balaban J connectivity index is 2.83. The molecule has 0 spiro atoms. The number of allylic oxidation sites excluding steroid dienone is 2. The third kappa shape index (κ3) is 4.14. The predicted molar refractivity (Wildman–Crippen MR) is 105 cm³/mol. The van der Waals surface area contributed by atoms with Gasteiger partial charge in [0, 0.05) is 23.5 Å². The molecule has 152 valence electrons. The number of nitrogens with zero attached hydrogens (tertiary/aromatic N) is 2. The summed E-state index contributed by atoms with van der Waals surface area (Å²) in [6.45, 7) is 5.32. The second-order valence-corrected chi connectivity index (χ2v) is 6.29. The number of carbonyl (C=O) groups is 2. The zero-order valence-electron chi connectivity index (χ0n) is 16.7. The van der Waals surface area contributed by atoms with Crippen molar-refractivity contribution in [2.45, 2.75) is 26.7 Å². The van der Waals surface area contributed by atoms with Crippen molar-refractivity contribution >= 4 is 17.6 Å². The molecular weight excluding hydrogens is 376 g/mol. The molecule has 0 aromatic heterocycles. The summed E-state index contributed by atoms with van der Waals surface area (Å²) in [5, 5.41) is 11.3. The van der Waals surface area contributed by atoms with Crippen molar-refractivity contribution in [2.24, 2.45) is 0 Å². The second kappa shape index (κ2) is 9.06. The number of hydrogen-bond donors (Lipinski definition) is 0. The van der Waals surface area contributed by atoms with Gasteiger partial charge in [-0.05, 0) is 26.3 Å². The average molecular weight is 398 g/mol. The lowest BCUT2D eigenvalue weighted by Gasteiger charge is -2.36. The number of nitro benzene ring substituents is 1. The molecule has 1 atom stereocenters. The Morgan fingerprint density at radius 1 is 1.24 bits per heavy atom. The molecule has 0 amide bonds. The molecule has 1 aliphatic rings. The number of esters is 2. The highest BCUT2D eigenvalue weighted by Crippen LogP contribution is 2.43. The minimum Gasteiger partial charge on any atom is -0.466 e. The average Bonchev–Trinajstić information content (AvgIpc) is 2.70. The Kier molecular flexibility index (Phi) is 6.78. The van der Waals surface area contributed by atoms with Gasteiger partial charge in [0.05, 0.1) is 42.2 Å². The van der Waals surface area contributed by atoms with Crippen LogP contribution >= 0.6 is 0 Å². The van der Waals surface area contributed by atoms with Crippen molar-refractivity contribution in [2.75, 3.05) is 20.3 Å². The smallest absolute Gasteiger partial charge is 0.336 e. The largest absolute Gasteiger partial charge is 0.466 e. The maximum Gasteiger partial charge on any atom is 0.336 e. The lowest BCUT2D eigenvalue weighted by Crippen LogP contribution is -2.35. The van der Waals surface area contributed by atoms with Gasteiger partial charge in [-0.15, -0.1) is 6.42 Å². The van der Waals surface area contributed by atoms with E-state index in [9.17, 15) is 19.7 Å². The van der Waals surface area contributed by atoms with Gasteiger partial charge in [-0.1, -0.05) is 18.1 Å². The highest BCUT2D eigenvalue weighted by molar-refractivity contribution is 5.99. The first kappa shape index (κ1) is 21.7. The second-order valence-electron chi connectivity index (χ2n) is 6.29. The molecule has 0 N–H and O–H groups in total. The van der Waals surface area contributed by atoms with Crippen LogP contribution < -0.4 is 0 Å². The molecule has 1 heterocycles. The van der Waals surface area contributed by atoms with E-state index < -0.39 is 22.8 Å². The normalized spacial score (nSPS) is 16.4. The fraction of sp³-hybridized carbons (Fsp3) is 0.333. The van der Waals surface area contributed by atoms with E-state index in [1.807, 2.05) is 0 Å². The molecule has 0 unspecified atom stereocenters. The van der Waals surface area contributed by atoms with Crippen molar-refractivity contribution in [3.63, 3.8) is 0 Å². The summed E-state index contributed by atoms with van der Waals surface area (Å²) in [6.07, 6.45) is 5.47. The van der Waals surface area contributed by atoms with E-state index in [0.29, 0.717) is 17.0 Å². The number of benzene rings is 1. The summed E-state index contributed by atoms with van der Waals surface area (Å²) in [5.41, 5.74) is 1.64. The van der Waals surface area contributed by atoms with Crippen LogP contribution in [0.15, 0.2) is 46.8 Å². The quantitative estimate of drug-likeness (QED) is 0.314. The molecule has 29 heavy (non-hydrogen) atoms. The lowest BCUT2D eigenvalue weighted by atomic mass is 9.79. The molecule has 0 bridgehead atoms. The van der Waals surface area contributed by atoms with Crippen molar-refractivity contribution in [1.29, 1.82) is 0 Å². The van der Waals surface area contributed by atoms with Crippen LogP contribution in [0.5, 0.6) is 0 Å². The topological polar surface area (TPSA) is 99.0 Å². The van der Waals surface area contributed by atoms with Gasteiger partial charge in [-0.3, -0.25) is 10.1 Å². The Morgan fingerprint density at radius 2 is 1.86 bits per heavy atom. The van der Waals surface area contributed by atoms with Crippen molar-refractivity contribution < 1.29 is 24.0 Å². The van der Waals surface area contributed by atoms with Crippen LogP contribution in [0.3, 0.4) is 0 Å². The summed E-state index contributed by atoms with van der Waals surface area (Å²) in [5.74, 6) is 0.332. The molecule has 0 saturated carbocycles. The first-order valence-electron chi connectivity index (χ1n) is 8.90. The third-order valence-electron chi connectivity index (χ3n) is 4.73. The summed E-state index contributed by atoms with van der Waals surface area (Å²) in [6, 6.07) is 5.80. The van der Waals surface area contributed by atoms with Gasteiger partial charge in [0.1, 0.15) is 0 Å². The molecule has 1 aromatic rings. The molecule has 0 saturated heterocycles. The fourth-order valence-corrected chi connectivity index (χ4v) is 3.43. The van der Waals surface area contributed by atoms with Crippen LogP contribution in [0.25, 0.3) is 0 Å². The maximum absolute atomic E-state index is 12.9. The van der Waals surface area contributed by atoms with Crippen LogP contribution in [0.1, 0.15) is 32.3 Å². The molecule has 8 nitrogen and oxygen atoms in total. The van der Waals surface area contributed by atoms with E-state index in [-0.39, 0.29) is 30.0 Å². The van der Waals surface area contributed by atoms with E-state index in [4.69, 9.17) is 15.9 Å². The number of rotatable bonds is 6. The minimum absolute atomic E-state index is 0.128. The number of nitro groups is 1. The van der Waals surface area contributed by atoms with E-state index in [1.165, 1.54) is 25.3 Å². The summed E-state index contributed by atoms with van der Waals surface area (Å²) in [4.78, 5) is 37.9. The highest BCUT2D eigenvalue weighted by Gasteiger charge is 2.40. The van der Waals surface area contributed by atoms with E-state index >= 15 is 0 Å². The monoisotopic (exact) mass is 398 g/mol. The molecule has 8 heteroatoms. The van der Waals surface area contributed by atoms with E-state index in [1.54, 1.807) is 31.7 Å². The molecule has 2 rings (SSSR count). The number of carbonyl (C=O) groups excluding carboxylic acids is 2. The predicted octanol–water partition coefficient (Wildman–Crippen LogP) is 2.91. The van der Waals surface area contributed by atoms with Crippen LogP contribution in [-0.2, 0) is 19.1 Å². The van der Waals surface area contributed by atoms with Gasteiger partial charge in [-0.25, -0.2) is 9.59 Å². The summed E-state index contributed by atoms with van der Waals surface area (Å²) < 4.78 is 10.2. The number of non-ortho nitro benzene ring substituents is 1. The number of terminal acetylenes is 1. The van der Waals surface area contributed by atoms with Gasteiger partial charge < -0.3 is 14.4 Å². The Bertz CT molecular complexity index is 954. The Hall–Kier alpha value is -3.60. The fourth-order valence-electron chi connectivity index (χ4n) is 3.43. The third-order valence-corrected chi connectivity index (χ3v) is 4.73. The van der Waals surface area contributed by atoms with Crippen LogP contribution in [0.2, 0.25) is 0 Å². The van der Waals surface area contributed by atoms with Crippen molar-refractivity contribution in [1.82, 2.24) is 4.90 Å². The van der Waals surface area contributed by atoms with Gasteiger partial charge in [0.25, 0.3) is 5.69 Å². The Labute approximate surface area is 168 Å². The first-order chi connectivity index (χ1) is 13.8. The number of hydrogen-bond acceptors (Lipinski definition) is 7. The summed E-state index contributed by atoms with van der Waals surface area (Å²) in [7, 11) is 1.23. The van der Waals surface area contributed by atoms with Gasteiger partial charge in [0.2, 0.25) is 0 Å². The lowest BCUT2D eigenvalue weighted by molar-refractivity contribution is -0.384. The maximum atomic E-state index is 12.9. The van der Waals surface area contributed by atoms with Crippen LogP contribution in [0, 0.1) is 22.5 Å².